The summed E-state index contributed by atoms with van der Waals surface area (Å²) >= 11 is 0.554. The second kappa shape index (κ2) is 7.31. The summed E-state index contributed by atoms with van der Waals surface area (Å²) in [6.07, 6.45) is 1.74. The van der Waals surface area contributed by atoms with Crippen molar-refractivity contribution >= 4 is 23.3 Å². The molecule has 21 heavy (non-hydrogen) atoms. The largest absolute Gasteiger partial charge is 0.463 e. The van der Waals surface area contributed by atoms with Crippen molar-refractivity contribution in [1.82, 2.24) is 4.98 Å². The molecule has 0 bridgehead atoms. The molecule has 2 heterocycles. The Morgan fingerprint density at radius 1 is 1.24 bits per heavy atom. The topological polar surface area (TPSA) is 41.3 Å². The molecular weight excluding hydrogens is 296 g/mol. The molecule has 7 heteroatoms. The minimum atomic E-state index is -2.38. The van der Waals surface area contributed by atoms with Gasteiger partial charge in [-0.15, -0.1) is 0 Å². The zero-order valence-electron chi connectivity index (χ0n) is 11.8. The molecule has 0 amide bonds. The molecule has 2 rings (SSSR count). The molecular formula is C14H17F2N3OS. The van der Waals surface area contributed by atoms with E-state index < -0.39 is 5.76 Å². The second-order valence-corrected chi connectivity index (χ2v) is 5.57. The number of furan rings is 1. The summed E-state index contributed by atoms with van der Waals surface area (Å²) < 4.78 is 29.6. The van der Waals surface area contributed by atoms with Crippen LogP contribution in [0.2, 0.25) is 0 Å². The van der Waals surface area contributed by atoms with Gasteiger partial charge in [0.15, 0.2) is 0 Å². The number of aromatic nitrogens is 1. The highest BCUT2D eigenvalue weighted by Crippen LogP contribution is 2.21. The number of anilines is 2. The van der Waals surface area contributed by atoms with Crippen LogP contribution in [0.15, 0.2) is 34.9 Å². The molecule has 0 radical (unpaired) electrons. The van der Waals surface area contributed by atoms with Gasteiger partial charge in [-0.3, -0.25) is 0 Å². The van der Waals surface area contributed by atoms with Crippen molar-refractivity contribution in [2.24, 2.45) is 0 Å². The Morgan fingerprint density at radius 2 is 2.00 bits per heavy atom. The van der Waals surface area contributed by atoms with Crippen molar-refractivity contribution in [2.75, 3.05) is 24.3 Å². The highest BCUT2D eigenvalue weighted by atomic mass is 32.2. The van der Waals surface area contributed by atoms with E-state index in [0.717, 1.165) is 11.5 Å². The SMILES string of the molecule is CN(C)c1ccc(NCc2ccc(CSC(F)F)o2)cn1. The maximum atomic E-state index is 12.1. The third kappa shape index (κ3) is 4.93. The number of halogens is 2. The fraction of sp³-hybridized carbons (Fsp3) is 0.357. The van der Waals surface area contributed by atoms with Crippen LogP contribution >= 0.6 is 11.8 Å². The molecule has 2 aromatic rings. The van der Waals surface area contributed by atoms with E-state index in [-0.39, 0.29) is 5.75 Å². The maximum Gasteiger partial charge on any atom is 0.284 e. The smallest absolute Gasteiger partial charge is 0.284 e. The van der Waals surface area contributed by atoms with Crippen molar-refractivity contribution in [3.05, 3.63) is 42.0 Å². The molecule has 0 aromatic carbocycles. The Balaban J connectivity index is 1.85. The number of nitrogens with zero attached hydrogens (tertiary/aromatic N) is 2. The number of rotatable bonds is 7. The molecule has 0 saturated heterocycles. The molecule has 0 saturated carbocycles. The first-order chi connectivity index (χ1) is 10.0. The predicted molar refractivity (Wildman–Crippen MR) is 81.9 cm³/mol. The van der Waals surface area contributed by atoms with Gasteiger partial charge in [-0.1, -0.05) is 11.8 Å². The number of nitrogens with one attached hydrogen (secondary N) is 1. The quantitative estimate of drug-likeness (QED) is 0.842. The van der Waals surface area contributed by atoms with Crippen LogP contribution in [0.4, 0.5) is 20.3 Å². The molecule has 1 N–H and O–H groups in total. The number of hydrogen-bond donors (Lipinski definition) is 1. The van der Waals surface area contributed by atoms with E-state index in [1.807, 2.05) is 31.1 Å². The van der Waals surface area contributed by atoms with Gasteiger partial charge in [0, 0.05) is 14.1 Å². The van der Waals surface area contributed by atoms with Crippen molar-refractivity contribution in [3.8, 4) is 0 Å². The zero-order chi connectivity index (χ0) is 15.2. The van der Waals surface area contributed by atoms with Crippen LogP contribution < -0.4 is 10.2 Å². The van der Waals surface area contributed by atoms with Gasteiger partial charge in [0.2, 0.25) is 0 Å². The molecule has 2 aromatic heterocycles. The lowest BCUT2D eigenvalue weighted by molar-refractivity contribution is 0.251. The van der Waals surface area contributed by atoms with E-state index in [0.29, 0.717) is 29.8 Å². The second-order valence-electron chi connectivity index (χ2n) is 4.59. The molecule has 0 fully saturated rings. The summed E-state index contributed by atoms with van der Waals surface area (Å²) in [5.41, 5.74) is 0.875. The minimum absolute atomic E-state index is 0.177. The van der Waals surface area contributed by atoms with Crippen LogP contribution in [0, 0.1) is 0 Å². The van der Waals surface area contributed by atoms with Crippen molar-refractivity contribution in [1.29, 1.82) is 0 Å². The van der Waals surface area contributed by atoms with E-state index >= 15 is 0 Å². The van der Waals surface area contributed by atoms with Crippen LogP contribution in [-0.4, -0.2) is 24.8 Å². The van der Waals surface area contributed by atoms with E-state index in [1.165, 1.54) is 0 Å². The lowest BCUT2D eigenvalue weighted by Gasteiger charge is -2.11. The zero-order valence-corrected chi connectivity index (χ0v) is 12.7. The Kier molecular flexibility index (Phi) is 5.44. The first-order valence-corrected chi connectivity index (χ1v) is 7.44. The van der Waals surface area contributed by atoms with Crippen molar-refractivity contribution in [2.45, 2.75) is 18.1 Å². The molecule has 0 spiro atoms. The lowest BCUT2D eigenvalue weighted by Crippen LogP contribution is -2.10. The molecule has 0 unspecified atom stereocenters. The summed E-state index contributed by atoms with van der Waals surface area (Å²) in [6, 6.07) is 7.35. The van der Waals surface area contributed by atoms with Crippen LogP contribution in [0.25, 0.3) is 0 Å². The molecule has 0 aliphatic carbocycles. The van der Waals surface area contributed by atoms with Gasteiger partial charge >= 0.3 is 0 Å². The normalized spacial score (nSPS) is 10.9. The van der Waals surface area contributed by atoms with Crippen LogP contribution in [0.5, 0.6) is 0 Å². The van der Waals surface area contributed by atoms with Gasteiger partial charge in [0.1, 0.15) is 17.3 Å². The number of alkyl halides is 2. The summed E-state index contributed by atoms with van der Waals surface area (Å²) in [5, 5.41) is 3.18. The van der Waals surface area contributed by atoms with E-state index in [9.17, 15) is 8.78 Å². The van der Waals surface area contributed by atoms with Gasteiger partial charge in [0.05, 0.1) is 24.2 Å². The third-order valence-electron chi connectivity index (χ3n) is 2.74. The van der Waals surface area contributed by atoms with Gasteiger partial charge < -0.3 is 14.6 Å². The van der Waals surface area contributed by atoms with Gasteiger partial charge in [-0.2, -0.15) is 8.78 Å². The molecule has 4 nitrogen and oxygen atoms in total. The Bertz CT molecular complexity index is 558. The van der Waals surface area contributed by atoms with E-state index in [1.54, 1.807) is 18.3 Å². The first kappa shape index (κ1) is 15.6. The third-order valence-corrected chi connectivity index (χ3v) is 3.44. The lowest BCUT2D eigenvalue weighted by atomic mass is 10.3. The molecule has 0 atom stereocenters. The number of hydrogen-bond acceptors (Lipinski definition) is 5. The van der Waals surface area contributed by atoms with E-state index in [2.05, 4.69) is 10.3 Å². The standard InChI is InChI=1S/C14H17F2N3OS/c1-19(2)13-6-3-10(7-18-13)17-8-11-4-5-12(20-11)9-21-14(15)16/h3-7,14,17H,8-9H2,1-2H3. The molecule has 0 aliphatic rings. The van der Waals surface area contributed by atoms with Gasteiger partial charge in [-0.05, 0) is 24.3 Å². The molecule has 114 valence electrons. The number of pyridine rings is 1. The maximum absolute atomic E-state index is 12.1. The summed E-state index contributed by atoms with van der Waals surface area (Å²) in [6.45, 7) is 0.488. The fourth-order valence-electron chi connectivity index (χ4n) is 1.68. The summed E-state index contributed by atoms with van der Waals surface area (Å²) in [4.78, 5) is 6.21. The monoisotopic (exact) mass is 313 g/mol. The number of thioether (sulfide) groups is 1. The predicted octanol–water partition coefficient (Wildman–Crippen LogP) is 3.81. The van der Waals surface area contributed by atoms with Crippen molar-refractivity contribution in [3.63, 3.8) is 0 Å². The average Bonchev–Trinajstić information content (AvgIpc) is 2.91. The minimum Gasteiger partial charge on any atom is -0.463 e. The summed E-state index contributed by atoms with van der Waals surface area (Å²) in [5.74, 6) is -0.0610. The Morgan fingerprint density at radius 3 is 2.62 bits per heavy atom. The highest BCUT2D eigenvalue weighted by molar-refractivity contribution is 7.98. The first-order valence-electron chi connectivity index (χ1n) is 6.39. The summed E-state index contributed by atoms with van der Waals surface area (Å²) in [7, 11) is 3.86. The fourth-order valence-corrected chi connectivity index (χ4v) is 2.13. The Hall–Kier alpha value is -1.76. The van der Waals surface area contributed by atoms with Crippen LogP contribution in [0.1, 0.15) is 11.5 Å². The average molecular weight is 313 g/mol. The molecule has 0 aliphatic heterocycles. The van der Waals surface area contributed by atoms with Crippen LogP contribution in [-0.2, 0) is 12.3 Å². The Labute approximate surface area is 126 Å². The van der Waals surface area contributed by atoms with E-state index in [4.69, 9.17) is 4.42 Å². The van der Waals surface area contributed by atoms with Crippen molar-refractivity contribution < 1.29 is 13.2 Å². The van der Waals surface area contributed by atoms with Gasteiger partial charge in [0.25, 0.3) is 5.76 Å². The van der Waals surface area contributed by atoms with Gasteiger partial charge in [-0.25, -0.2) is 4.98 Å². The highest BCUT2D eigenvalue weighted by Gasteiger charge is 2.07. The van der Waals surface area contributed by atoms with Crippen LogP contribution in [0.3, 0.4) is 0 Å².